The quantitative estimate of drug-likeness (QED) is 0.868. The fraction of sp³-hybridized carbons (Fsp3) is 0.400. The minimum absolute atomic E-state index is 0.0191. The highest BCUT2D eigenvalue weighted by molar-refractivity contribution is 5.83. The van der Waals surface area contributed by atoms with Crippen molar-refractivity contribution in [2.75, 3.05) is 11.9 Å². The van der Waals surface area contributed by atoms with Crippen molar-refractivity contribution in [2.45, 2.75) is 26.2 Å². The van der Waals surface area contributed by atoms with Gasteiger partial charge in [0.2, 0.25) is 0 Å². The lowest BCUT2D eigenvalue weighted by Gasteiger charge is -2.38. The van der Waals surface area contributed by atoms with Crippen LogP contribution in [0.2, 0.25) is 0 Å². The number of pyridine rings is 1. The molecule has 0 saturated heterocycles. The molecule has 0 atom stereocenters. The molecule has 2 aromatic rings. The first-order valence-corrected chi connectivity index (χ1v) is 6.52. The first-order chi connectivity index (χ1) is 8.66. The third-order valence-electron chi connectivity index (χ3n) is 4.02. The molecule has 0 radical (unpaired) electrons. The molecular formula is C15H18N2O. The number of aromatic nitrogens is 1. The van der Waals surface area contributed by atoms with Crippen molar-refractivity contribution >= 4 is 16.6 Å². The van der Waals surface area contributed by atoms with Crippen LogP contribution in [0.5, 0.6) is 0 Å². The van der Waals surface area contributed by atoms with Crippen LogP contribution >= 0.6 is 0 Å². The number of hydrogen-bond donors (Lipinski definition) is 2. The van der Waals surface area contributed by atoms with Gasteiger partial charge in [0.1, 0.15) is 5.82 Å². The molecule has 0 bridgehead atoms. The average molecular weight is 242 g/mol. The van der Waals surface area contributed by atoms with Crippen LogP contribution in [0.25, 0.3) is 10.8 Å². The third-order valence-corrected chi connectivity index (χ3v) is 4.02. The molecule has 1 heterocycles. The van der Waals surface area contributed by atoms with Gasteiger partial charge in [-0.2, -0.15) is 0 Å². The molecule has 1 saturated carbocycles. The largest absolute Gasteiger partial charge is 0.371 e. The van der Waals surface area contributed by atoms with Crippen LogP contribution in [-0.4, -0.2) is 11.5 Å². The SMILES string of the molecule is CC1(CNc2cc3ccccc3c(=O)[nH]2)CCC1. The van der Waals surface area contributed by atoms with Crippen LogP contribution in [0, 0.1) is 5.41 Å². The maximum absolute atomic E-state index is 11.9. The first kappa shape index (κ1) is 11.3. The van der Waals surface area contributed by atoms with Gasteiger partial charge in [-0.25, -0.2) is 0 Å². The Kier molecular flexibility index (Phi) is 2.62. The second-order valence-electron chi connectivity index (χ2n) is 5.62. The predicted molar refractivity (Wildman–Crippen MR) is 75.0 cm³/mol. The fourth-order valence-electron chi connectivity index (χ4n) is 2.57. The van der Waals surface area contributed by atoms with E-state index in [0.717, 1.165) is 23.1 Å². The van der Waals surface area contributed by atoms with Gasteiger partial charge >= 0.3 is 0 Å². The average Bonchev–Trinajstić information content (AvgIpc) is 2.34. The summed E-state index contributed by atoms with van der Waals surface area (Å²) < 4.78 is 0. The Morgan fingerprint density at radius 1 is 1.33 bits per heavy atom. The van der Waals surface area contributed by atoms with Gasteiger partial charge in [-0.1, -0.05) is 31.5 Å². The topological polar surface area (TPSA) is 44.9 Å². The number of fused-ring (bicyclic) bond motifs is 1. The van der Waals surface area contributed by atoms with E-state index in [1.54, 1.807) is 0 Å². The molecule has 0 unspecified atom stereocenters. The number of anilines is 1. The molecule has 0 spiro atoms. The monoisotopic (exact) mass is 242 g/mol. The van der Waals surface area contributed by atoms with Crippen LogP contribution in [0.4, 0.5) is 5.82 Å². The minimum Gasteiger partial charge on any atom is -0.371 e. The Morgan fingerprint density at radius 3 is 2.83 bits per heavy atom. The van der Waals surface area contributed by atoms with E-state index in [9.17, 15) is 4.79 Å². The van der Waals surface area contributed by atoms with E-state index in [1.807, 2.05) is 30.3 Å². The Bertz CT molecular complexity index is 626. The summed E-state index contributed by atoms with van der Waals surface area (Å²) in [6, 6.07) is 9.68. The fourth-order valence-corrected chi connectivity index (χ4v) is 2.57. The lowest BCUT2D eigenvalue weighted by Crippen LogP contribution is -2.33. The zero-order valence-corrected chi connectivity index (χ0v) is 10.6. The van der Waals surface area contributed by atoms with Crippen molar-refractivity contribution in [1.29, 1.82) is 0 Å². The summed E-state index contributed by atoms with van der Waals surface area (Å²) in [6.07, 6.45) is 3.88. The van der Waals surface area contributed by atoms with E-state index >= 15 is 0 Å². The van der Waals surface area contributed by atoms with E-state index in [2.05, 4.69) is 17.2 Å². The smallest absolute Gasteiger partial charge is 0.257 e. The number of benzene rings is 1. The molecule has 0 aliphatic heterocycles. The van der Waals surface area contributed by atoms with Crippen LogP contribution in [0.3, 0.4) is 0 Å². The highest BCUT2D eigenvalue weighted by atomic mass is 16.1. The van der Waals surface area contributed by atoms with Gasteiger partial charge in [0.05, 0.1) is 0 Å². The van der Waals surface area contributed by atoms with Crippen molar-refractivity contribution < 1.29 is 0 Å². The molecule has 1 aliphatic rings. The van der Waals surface area contributed by atoms with Crippen LogP contribution in [0.15, 0.2) is 35.1 Å². The molecule has 2 N–H and O–H groups in total. The molecule has 3 nitrogen and oxygen atoms in total. The summed E-state index contributed by atoms with van der Waals surface area (Å²) in [5, 5.41) is 5.10. The second kappa shape index (κ2) is 4.16. The summed E-state index contributed by atoms with van der Waals surface area (Å²) in [5.41, 5.74) is 0.386. The zero-order valence-electron chi connectivity index (χ0n) is 10.6. The summed E-state index contributed by atoms with van der Waals surface area (Å²) in [7, 11) is 0. The van der Waals surface area contributed by atoms with Crippen molar-refractivity contribution in [2.24, 2.45) is 5.41 Å². The Labute approximate surface area is 106 Å². The van der Waals surface area contributed by atoms with E-state index in [0.29, 0.717) is 5.41 Å². The molecular weight excluding hydrogens is 224 g/mol. The standard InChI is InChI=1S/C15H18N2O/c1-15(7-4-8-15)10-16-13-9-11-5-2-3-6-12(11)14(18)17-13/h2-3,5-6,9H,4,7-8,10H2,1H3,(H2,16,17,18). The van der Waals surface area contributed by atoms with Gasteiger partial charge < -0.3 is 10.3 Å². The normalized spacial score (nSPS) is 17.4. The molecule has 18 heavy (non-hydrogen) atoms. The highest BCUT2D eigenvalue weighted by Crippen LogP contribution is 2.40. The molecule has 1 fully saturated rings. The molecule has 1 aromatic carbocycles. The second-order valence-corrected chi connectivity index (χ2v) is 5.62. The van der Waals surface area contributed by atoms with Crippen LogP contribution < -0.4 is 10.9 Å². The van der Waals surface area contributed by atoms with E-state index in [1.165, 1.54) is 19.3 Å². The molecule has 3 heteroatoms. The predicted octanol–water partition coefficient (Wildman–Crippen LogP) is 3.13. The highest BCUT2D eigenvalue weighted by Gasteiger charge is 2.31. The summed E-state index contributed by atoms with van der Waals surface area (Å²) in [5.74, 6) is 0.826. The van der Waals surface area contributed by atoms with Crippen LogP contribution in [0.1, 0.15) is 26.2 Å². The summed E-state index contributed by atoms with van der Waals surface area (Å²) in [4.78, 5) is 14.8. The van der Waals surface area contributed by atoms with E-state index < -0.39 is 0 Å². The summed E-state index contributed by atoms with van der Waals surface area (Å²) >= 11 is 0. The summed E-state index contributed by atoms with van der Waals surface area (Å²) in [6.45, 7) is 3.23. The lowest BCUT2D eigenvalue weighted by atomic mass is 9.70. The van der Waals surface area contributed by atoms with Crippen molar-refractivity contribution in [3.05, 3.63) is 40.7 Å². The van der Waals surface area contributed by atoms with Crippen molar-refractivity contribution in [3.8, 4) is 0 Å². The minimum atomic E-state index is -0.0191. The first-order valence-electron chi connectivity index (χ1n) is 6.52. The Balaban J connectivity index is 1.86. The maximum atomic E-state index is 11.9. The van der Waals surface area contributed by atoms with Crippen molar-refractivity contribution in [3.63, 3.8) is 0 Å². The van der Waals surface area contributed by atoms with Gasteiger partial charge in [0.25, 0.3) is 5.56 Å². The number of hydrogen-bond acceptors (Lipinski definition) is 2. The van der Waals surface area contributed by atoms with Gasteiger partial charge in [-0.15, -0.1) is 0 Å². The van der Waals surface area contributed by atoms with Crippen molar-refractivity contribution in [1.82, 2.24) is 4.98 Å². The number of nitrogens with one attached hydrogen (secondary N) is 2. The molecule has 94 valence electrons. The molecule has 0 amide bonds. The number of H-pyrrole nitrogens is 1. The third kappa shape index (κ3) is 2.01. The molecule has 1 aliphatic carbocycles. The Morgan fingerprint density at radius 2 is 2.11 bits per heavy atom. The number of rotatable bonds is 3. The molecule has 1 aromatic heterocycles. The Hall–Kier alpha value is -1.77. The van der Waals surface area contributed by atoms with Gasteiger partial charge in [-0.3, -0.25) is 4.79 Å². The van der Waals surface area contributed by atoms with Gasteiger partial charge in [-0.05, 0) is 35.8 Å². The van der Waals surface area contributed by atoms with E-state index in [4.69, 9.17) is 0 Å². The van der Waals surface area contributed by atoms with Gasteiger partial charge in [0.15, 0.2) is 0 Å². The van der Waals surface area contributed by atoms with E-state index in [-0.39, 0.29) is 5.56 Å². The maximum Gasteiger partial charge on any atom is 0.257 e. The zero-order chi connectivity index (χ0) is 12.6. The van der Waals surface area contributed by atoms with Gasteiger partial charge in [0, 0.05) is 11.9 Å². The lowest BCUT2D eigenvalue weighted by molar-refractivity contribution is 0.180. The number of aromatic amines is 1. The van der Waals surface area contributed by atoms with Crippen LogP contribution in [-0.2, 0) is 0 Å². The molecule has 3 rings (SSSR count).